The van der Waals surface area contributed by atoms with Crippen molar-refractivity contribution in [2.24, 2.45) is 0 Å². The van der Waals surface area contributed by atoms with E-state index in [0.29, 0.717) is 23.5 Å². The van der Waals surface area contributed by atoms with E-state index in [1.807, 2.05) is 0 Å². The largest absolute Gasteiger partial charge is 0.506 e. The summed E-state index contributed by atoms with van der Waals surface area (Å²) in [5.74, 6) is -0.830. The summed E-state index contributed by atoms with van der Waals surface area (Å²) in [5, 5.41) is 19.1. The lowest BCUT2D eigenvalue weighted by Gasteiger charge is -2.04. The molecule has 2 N–H and O–H groups in total. The highest BCUT2D eigenvalue weighted by atomic mass is 19.1. The second-order valence-corrected chi connectivity index (χ2v) is 5.08. The molecule has 3 rings (SSSR count). The summed E-state index contributed by atoms with van der Waals surface area (Å²) < 4.78 is 18.6. The van der Waals surface area contributed by atoms with Crippen LogP contribution in [0.3, 0.4) is 0 Å². The third-order valence-electron chi connectivity index (χ3n) is 3.49. The van der Waals surface area contributed by atoms with E-state index in [4.69, 9.17) is 9.52 Å². The van der Waals surface area contributed by atoms with Gasteiger partial charge in [-0.25, -0.2) is 9.18 Å². The molecule has 0 amide bonds. The van der Waals surface area contributed by atoms with Crippen molar-refractivity contribution in [1.29, 1.82) is 0 Å². The summed E-state index contributed by atoms with van der Waals surface area (Å²) in [6.07, 6.45) is 0.472. The van der Waals surface area contributed by atoms with Crippen LogP contribution in [0.25, 0.3) is 11.3 Å². The number of carboxylic acid groups (broad SMARTS) is 1. The third-order valence-corrected chi connectivity index (χ3v) is 3.49. The molecule has 0 aliphatic heterocycles. The number of rotatable bonds is 4. The summed E-state index contributed by atoms with van der Waals surface area (Å²) in [5.41, 5.74) is 1.02. The van der Waals surface area contributed by atoms with Gasteiger partial charge in [0.2, 0.25) is 0 Å². The summed E-state index contributed by atoms with van der Waals surface area (Å²) in [4.78, 5) is 11.1. The average Bonchev–Trinajstić information content (AvgIpc) is 2.98. The molecular weight excluding hydrogens is 299 g/mol. The fourth-order valence-corrected chi connectivity index (χ4v) is 2.34. The fourth-order valence-electron chi connectivity index (χ4n) is 2.34. The van der Waals surface area contributed by atoms with Gasteiger partial charge >= 0.3 is 5.97 Å². The van der Waals surface area contributed by atoms with E-state index in [2.05, 4.69) is 0 Å². The monoisotopic (exact) mass is 312 g/mol. The Morgan fingerprint density at radius 2 is 1.78 bits per heavy atom. The maximum absolute atomic E-state index is 12.9. The molecule has 1 heterocycles. The van der Waals surface area contributed by atoms with Crippen molar-refractivity contribution in [3.8, 4) is 17.1 Å². The van der Waals surface area contributed by atoms with E-state index in [1.54, 1.807) is 36.4 Å². The molecule has 23 heavy (non-hydrogen) atoms. The zero-order valence-corrected chi connectivity index (χ0v) is 12.0. The van der Waals surface area contributed by atoms with Crippen LogP contribution in [0.4, 0.5) is 4.39 Å². The first-order chi connectivity index (χ1) is 11.0. The van der Waals surface area contributed by atoms with Gasteiger partial charge in [0.15, 0.2) is 0 Å². The summed E-state index contributed by atoms with van der Waals surface area (Å²) >= 11 is 0. The van der Waals surface area contributed by atoms with Crippen LogP contribution < -0.4 is 0 Å². The Bertz CT molecular complexity index is 850. The molecule has 2 aromatic carbocycles. The minimum Gasteiger partial charge on any atom is -0.506 e. The second-order valence-electron chi connectivity index (χ2n) is 5.08. The number of benzene rings is 2. The van der Waals surface area contributed by atoms with Gasteiger partial charge in [-0.2, -0.15) is 0 Å². The van der Waals surface area contributed by atoms with Gasteiger partial charge < -0.3 is 14.6 Å². The zero-order valence-electron chi connectivity index (χ0n) is 12.0. The number of carbonyl (C=O) groups is 1. The Labute approximate surface area is 131 Å². The third kappa shape index (κ3) is 3.08. The molecular formula is C18H13FO4. The lowest BCUT2D eigenvalue weighted by atomic mass is 10.1. The number of aromatic hydroxyl groups is 1. The van der Waals surface area contributed by atoms with Gasteiger partial charge in [0.1, 0.15) is 28.7 Å². The Kier molecular flexibility index (Phi) is 3.85. The number of hydrogen-bond donors (Lipinski definition) is 2. The molecule has 4 nitrogen and oxygen atoms in total. The lowest BCUT2D eigenvalue weighted by molar-refractivity contribution is 0.0694. The van der Waals surface area contributed by atoms with Crippen molar-refractivity contribution >= 4 is 5.97 Å². The number of hydrogen-bond acceptors (Lipinski definition) is 3. The molecule has 0 spiro atoms. The zero-order chi connectivity index (χ0) is 16.4. The Hall–Kier alpha value is -3.08. The van der Waals surface area contributed by atoms with Crippen molar-refractivity contribution in [2.75, 3.05) is 0 Å². The fraction of sp³-hybridized carbons (Fsp3) is 0.0556. The van der Waals surface area contributed by atoms with Crippen LogP contribution in [0.2, 0.25) is 0 Å². The smallest absolute Gasteiger partial charge is 0.339 e. The molecule has 0 atom stereocenters. The summed E-state index contributed by atoms with van der Waals surface area (Å²) in [7, 11) is 0. The van der Waals surface area contributed by atoms with Gasteiger partial charge in [-0.05, 0) is 42.0 Å². The Balaban J connectivity index is 1.89. The molecule has 0 aliphatic carbocycles. The minimum absolute atomic E-state index is 0.181. The first-order valence-corrected chi connectivity index (χ1v) is 6.93. The number of carboxylic acids is 1. The highest BCUT2D eigenvalue weighted by Crippen LogP contribution is 2.33. The number of phenols is 1. The first-order valence-electron chi connectivity index (χ1n) is 6.93. The van der Waals surface area contributed by atoms with Crippen molar-refractivity contribution in [3.63, 3.8) is 0 Å². The topological polar surface area (TPSA) is 70.7 Å². The predicted molar refractivity (Wildman–Crippen MR) is 82.0 cm³/mol. The molecule has 0 bridgehead atoms. The minimum atomic E-state index is -1.21. The van der Waals surface area contributed by atoms with E-state index in [1.165, 1.54) is 18.2 Å². The molecule has 0 fully saturated rings. The van der Waals surface area contributed by atoms with Crippen molar-refractivity contribution < 1.29 is 23.8 Å². The van der Waals surface area contributed by atoms with E-state index < -0.39 is 5.97 Å². The van der Waals surface area contributed by atoms with Crippen LogP contribution in [0.1, 0.15) is 21.7 Å². The normalized spacial score (nSPS) is 10.7. The van der Waals surface area contributed by atoms with Crippen LogP contribution in [-0.4, -0.2) is 16.2 Å². The van der Waals surface area contributed by atoms with Crippen LogP contribution in [0.5, 0.6) is 5.75 Å². The molecule has 3 aromatic rings. The molecule has 116 valence electrons. The van der Waals surface area contributed by atoms with Crippen LogP contribution in [0.15, 0.2) is 59.0 Å². The van der Waals surface area contributed by atoms with Gasteiger partial charge in [0, 0.05) is 6.42 Å². The number of furan rings is 1. The molecule has 0 radical (unpaired) electrons. The Morgan fingerprint density at radius 3 is 2.48 bits per heavy atom. The molecule has 0 saturated carbocycles. The number of para-hydroxylation sites is 1. The highest BCUT2D eigenvalue weighted by molar-refractivity contribution is 5.93. The highest BCUT2D eigenvalue weighted by Gasteiger charge is 2.16. The van der Waals surface area contributed by atoms with Crippen LogP contribution in [0, 0.1) is 5.82 Å². The quantitative estimate of drug-likeness (QED) is 0.761. The lowest BCUT2D eigenvalue weighted by Crippen LogP contribution is -1.97. The van der Waals surface area contributed by atoms with Crippen LogP contribution >= 0.6 is 0 Å². The molecule has 1 aromatic heterocycles. The van der Waals surface area contributed by atoms with Gasteiger partial charge in [-0.15, -0.1) is 0 Å². The van der Waals surface area contributed by atoms with Gasteiger partial charge in [0.25, 0.3) is 0 Å². The van der Waals surface area contributed by atoms with E-state index in [0.717, 1.165) is 5.56 Å². The van der Waals surface area contributed by atoms with E-state index >= 15 is 0 Å². The SMILES string of the molecule is O=C(O)c1cccc(-c2ccc(Cc3ccc(F)cc3)o2)c1O. The maximum atomic E-state index is 12.9. The van der Waals surface area contributed by atoms with Crippen molar-refractivity contribution in [3.05, 3.63) is 77.3 Å². The standard InChI is InChI=1S/C18H13FO4/c19-12-6-4-11(5-7-12)10-13-8-9-16(23-13)14-2-1-3-15(17(14)20)18(21)22/h1-9,20H,10H2,(H,21,22). The van der Waals surface area contributed by atoms with Crippen LogP contribution in [-0.2, 0) is 6.42 Å². The van der Waals surface area contributed by atoms with E-state index in [9.17, 15) is 14.3 Å². The van der Waals surface area contributed by atoms with Crippen molar-refractivity contribution in [2.45, 2.75) is 6.42 Å². The van der Waals surface area contributed by atoms with Gasteiger partial charge in [0.05, 0.1) is 5.56 Å². The van der Waals surface area contributed by atoms with Crippen molar-refractivity contribution in [1.82, 2.24) is 0 Å². The van der Waals surface area contributed by atoms with E-state index in [-0.39, 0.29) is 17.1 Å². The average molecular weight is 312 g/mol. The summed E-state index contributed by atoms with van der Waals surface area (Å²) in [6.45, 7) is 0. The van der Waals surface area contributed by atoms with Gasteiger partial charge in [-0.1, -0.05) is 18.2 Å². The maximum Gasteiger partial charge on any atom is 0.339 e. The number of halogens is 1. The first kappa shape index (κ1) is 14.8. The Morgan fingerprint density at radius 1 is 1.04 bits per heavy atom. The predicted octanol–water partition coefficient (Wildman–Crippen LogP) is 4.08. The molecule has 0 aliphatic rings. The second kappa shape index (κ2) is 5.96. The molecule has 0 saturated heterocycles. The van der Waals surface area contributed by atoms with Gasteiger partial charge in [-0.3, -0.25) is 0 Å². The molecule has 0 unspecified atom stereocenters. The molecule has 5 heteroatoms. The summed E-state index contributed by atoms with van der Waals surface area (Å²) in [6, 6.07) is 13.9. The number of aromatic carboxylic acids is 1.